The maximum atomic E-state index is 12.9. The summed E-state index contributed by atoms with van der Waals surface area (Å²) in [4.78, 5) is 34.7. The van der Waals surface area contributed by atoms with E-state index in [-0.39, 0.29) is 24.3 Å². The number of nitrogens with zero attached hydrogens (tertiary/aromatic N) is 2. The molecule has 0 aliphatic carbocycles. The van der Waals surface area contributed by atoms with Crippen LogP contribution in [0.2, 0.25) is 5.02 Å². The predicted molar refractivity (Wildman–Crippen MR) is 129 cm³/mol. The van der Waals surface area contributed by atoms with Crippen molar-refractivity contribution in [1.82, 2.24) is 20.2 Å². The van der Waals surface area contributed by atoms with Crippen molar-refractivity contribution in [3.8, 4) is 0 Å². The van der Waals surface area contributed by atoms with E-state index in [0.29, 0.717) is 47.9 Å². The first-order valence-electron chi connectivity index (χ1n) is 11.2. The predicted octanol–water partition coefficient (Wildman–Crippen LogP) is 2.57. The van der Waals surface area contributed by atoms with Crippen molar-refractivity contribution in [3.05, 3.63) is 88.0 Å². The van der Waals surface area contributed by atoms with E-state index >= 15 is 0 Å². The monoisotopic (exact) mass is 481 g/mol. The van der Waals surface area contributed by atoms with Crippen molar-refractivity contribution in [2.24, 2.45) is 5.73 Å². The van der Waals surface area contributed by atoms with Gasteiger partial charge in [-0.1, -0.05) is 23.7 Å². The number of aliphatic hydroxyl groups is 1. The van der Waals surface area contributed by atoms with E-state index in [4.69, 9.17) is 17.3 Å². The number of nitrogens with two attached hydrogens (primary N) is 1. The summed E-state index contributed by atoms with van der Waals surface area (Å²) in [5.74, 6) is -0.253. The lowest BCUT2D eigenvalue weighted by atomic mass is 10.1. The number of hydrogen-bond donors (Lipinski definition) is 4. The number of ketones is 1. The van der Waals surface area contributed by atoms with Crippen LogP contribution >= 0.6 is 11.6 Å². The number of hydrogen-bond acceptors (Lipinski definition) is 6. The van der Waals surface area contributed by atoms with Crippen molar-refractivity contribution in [2.45, 2.75) is 38.1 Å². The van der Waals surface area contributed by atoms with Crippen LogP contribution in [-0.4, -0.2) is 50.8 Å². The molecular formula is C25H28ClN5O3. The molecule has 8 nitrogen and oxygen atoms in total. The zero-order chi connectivity index (χ0) is 24.1. The number of aromatic amines is 1. The van der Waals surface area contributed by atoms with Gasteiger partial charge in [0.05, 0.1) is 18.3 Å². The molecule has 1 unspecified atom stereocenters. The fourth-order valence-corrected chi connectivity index (χ4v) is 4.50. The molecule has 0 spiro atoms. The van der Waals surface area contributed by atoms with E-state index < -0.39 is 6.10 Å². The molecule has 34 heavy (non-hydrogen) atoms. The van der Waals surface area contributed by atoms with Crippen LogP contribution in [0.25, 0.3) is 0 Å². The van der Waals surface area contributed by atoms with Crippen LogP contribution in [0.4, 0.5) is 0 Å². The van der Waals surface area contributed by atoms with Crippen LogP contribution < -0.4 is 11.1 Å². The third-order valence-corrected chi connectivity index (χ3v) is 6.41. The minimum Gasteiger partial charge on any atom is -0.384 e. The van der Waals surface area contributed by atoms with Gasteiger partial charge in [-0.2, -0.15) is 0 Å². The Bertz CT molecular complexity index is 1150. The molecule has 1 saturated heterocycles. The molecule has 3 heterocycles. The zero-order valence-corrected chi connectivity index (χ0v) is 19.5. The first kappa shape index (κ1) is 24.1. The van der Waals surface area contributed by atoms with Crippen LogP contribution in [0, 0.1) is 0 Å². The molecule has 4 rings (SSSR count). The minimum atomic E-state index is -0.873. The summed E-state index contributed by atoms with van der Waals surface area (Å²) in [5.41, 5.74) is 9.24. The molecule has 0 bridgehead atoms. The molecule has 0 radical (unpaired) electrons. The second-order valence-electron chi connectivity index (χ2n) is 8.42. The number of nitrogens with one attached hydrogen (secondary N) is 2. The second-order valence-corrected chi connectivity index (χ2v) is 8.86. The van der Waals surface area contributed by atoms with Crippen molar-refractivity contribution in [3.63, 3.8) is 0 Å². The normalized spacial score (nSPS) is 17.0. The number of benzene rings is 1. The van der Waals surface area contributed by atoms with Crippen LogP contribution in [0.3, 0.4) is 0 Å². The topological polar surface area (TPSA) is 124 Å². The number of aliphatic hydroxyl groups excluding tert-OH is 1. The first-order valence-corrected chi connectivity index (χ1v) is 11.6. The Morgan fingerprint density at radius 2 is 2.12 bits per heavy atom. The summed E-state index contributed by atoms with van der Waals surface area (Å²) in [7, 11) is 0. The highest BCUT2D eigenvalue weighted by Crippen LogP contribution is 2.23. The van der Waals surface area contributed by atoms with Gasteiger partial charge < -0.3 is 21.1 Å². The molecule has 2 atom stereocenters. The lowest BCUT2D eigenvalue weighted by Gasteiger charge is -2.23. The summed E-state index contributed by atoms with van der Waals surface area (Å²) >= 11 is 6.09. The highest BCUT2D eigenvalue weighted by atomic mass is 35.5. The van der Waals surface area contributed by atoms with Gasteiger partial charge in [-0.15, -0.1) is 0 Å². The van der Waals surface area contributed by atoms with Crippen LogP contribution in [-0.2, 0) is 17.9 Å². The molecule has 5 N–H and O–H groups in total. The number of amides is 1. The number of carbonyl (C=O) groups is 2. The standard InChI is InChI=1S/C25H28ClN5O3/c26-20-6-5-16(11-27)18(9-20)13-30-25(34)22-4-2-8-31(22)15-23(32)21-10-19(14-29-21)24(33)17-3-1-7-28-12-17/h1,3,5-7,9-10,12,14,22,24,29,33H,2,4,8,11,13,15,27H2,(H,30,34)/t22-,24?/m0/s1. The zero-order valence-electron chi connectivity index (χ0n) is 18.7. The van der Waals surface area contributed by atoms with Gasteiger partial charge in [0, 0.05) is 47.8 Å². The SMILES string of the molecule is NCc1ccc(Cl)cc1CNC(=O)[C@@H]1CCCN1CC(=O)c1cc(C(O)c2cccnc2)c[nH]1. The summed E-state index contributed by atoms with van der Waals surface area (Å²) < 4.78 is 0. The molecule has 2 aromatic heterocycles. The molecule has 1 aliphatic heterocycles. The Balaban J connectivity index is 1.36. The van der Waals surface area contributed by atoms with Crippen LogP contribution in [0.5, 0.6) is 0 Å². The Kier molecular flexibility index (Phi) is 7.74. The fourth-order valence-electron chi connectivity index (χ4n) is 4.30. The van der Waals surface area contributed by atoms with Crippen molar-refractivity contribution < 1.29 is 14.7 Å². The van der Waals surface area contributed by atoms with E-state index in [1.165, 1.54) is 0 Å². The summed E-state index contributed by atoms with van der Waals surface area (Å²) in [6.45, 7) is 1.48. The second kappa shape index (κ2) is 10.9. The Labute approximate surface area is 203 Å². The summed E-state index contributed by atoms with van der Waals surface area (Å²) in [6.07, 6.45) is 5.50. The molecule has 3 aromatic rings. The highest BCUT2D eigenvalue weighted by Gasteiger charge is 2.32. The van der Waals surface area contributed by atoms with Crippen molar-refractivity contribution >= 4 is 23.3 Å². The highest BCUT2D eigenvalue weighted by molar-refractivity contribution is 6.30. The Morgan fingerprint density at radius 1 is 1.26 bits per heavy atom. The van der Waals surface area contributed by atoms with Gasteiger partial charge >= 0.3 is 0 Å². The molecule has 0 saturated carbocycles. The molecule has 1 amide bonds. The number of halogens is 1. The third kappa shape index (κ3) is 5.53. The number of H-pyrrole nitrogens is 1. The van der Waals surface area contributed by atoms with E-state index in [0.717, 1.165) is 17.5 Å². The van der Waals surface area contributed by atoms with E-state index in [1.54, 1.807) is 42.9 Å². The van der Waals surface area contributed by atoms with Gasteiger partial charge in [-0.3, -0.25) is 19.5 Å². The number of carbonyl (C=O) groups excluding carboxylic acids is 2. The first-order chi connectivity index (χ1) is 16.5. The molecule has 1 fully saturated rings. The maximum Gasteiger partial charge on any atom is 0.237 e. The quantitative estimate of drug-likeness (QED) is 0.348. The van der Waals surface area contributed by atoms with Gasteiger partial charge in [-0.05, 0) is 54.8 Å². The largest absolute Gasteiger partial charge is 0.384 e. The number of likely N-dealkylation sites (tertiary alicyclic amines) is 1. The molecule has 1 aromatic carbocycles. The summed E-state index contributed by atoms with van der Waals surface area (Å²) in [6, 6.07) is 10.3. The average Bonchev–Trinajstić information content (AvgIpc) is 3.53. The van der Waals surface area contributed by atoms with E-state index in [2.05, 4.69) is 15.3 Å². The smallest absolute Gasteiger partial charge is 0.237 e. The van der Waals surface area contributed by atoms with Gasteiger partial charge in [0.1, 0.15) is 6.10 Å². The van der Waals surface area contributed by atoms with Crippen LogP contribution in [0.1, 0.15) is 51.7 Å². The van der Waals surface area contributed by atoms with Crippen molar-refractivity contribution in [1.29, 1.82) is 0 Å². The van der Waals surface area contributed by atoms with Gasteiger partial charge in [-0.25, -0.2) is 0 Å². The molecule has 1 aliphatic rings. The van der Waals surface area contributed by atoms with Gasteiger partial charge in [0.15, 0.2) is 5.78 Å². The Morgan fingerprint density at radius 3 is 2.88 bits per heavy atom. The van der Waals surface area contributed by atoms with Crippen LogP contribution in [0.15, 0.2) is 55.0 Å². The Hall–Kier alpha value is -3.04. The third-order valence-electron chi connectivity index (χ3n) is 6.18. The number of rotatable bonds is 9. The number of pyridine rings is 1. The molecular weight excluding hydrogens is 454 g/mol. The maximum absolute atomic E-state index is 12.9. The lowest BCUT2D eigenvalue weighted by Crippen LogP contribution is -2.45. The summed E-state index contributed by atoms with van der Waals surface area (Å²) in [5, 5.41) is 14.1. The molecule has 9 heteroatoms. The minimum absolute atomic E-state index is 0.117. The molecule has 178 valence electrons. The lowest BCUT2D eigenvalue weighted by molar-refractivity contribution is -0.125. The van der Waals surface area contributed by atoms with Gasteiger partial charge in [0.25, 0.3) is 0 Å². The number of aromatic nitrogens is 2. The average molecular weight is 482 g/mol. The van der Waals surface area contributed by atoms with Crippen molar-refractivity contribution in [2.75, 3.05) is 13.1 Å². The van der Waals surface area contributed by atoms with E-state index in [9.17, 15) is 14.7 Å². The van der Waals surface area contributed by atoms with E-state index in [1.807, 2.05) is 17.0 Å². The van der Waals surface area contributed by atoms with Gasteiger partial charge in [0.2, 0.25) is 5.91 Å². The number of Topliss-reactive ketones (excluding diaryl/α,β-unsaturated/α-hetero) is 1. The fraction of sp³-hybridized carbons (Fsp3) is 0.320.